The van der Waals surface area contributed by atoms with Crippen LogP contribution in [0.5, 0.6) is 5.75 Å². The van der Waals surface area contributed by atoms with E-state index in [1.165, 1.54) is 12.8 Å². The predicted molar refractivity (Wildman–Crippen MR) is 107 cm³/mol. The van der Waals surface area contributed by atoms with Crippen molar-refractivity contribution in [3.05, 3.63) is 30.2 Å². The van der Waals surface area contributed by atoms with E-state index >= 15 is 0 Å². The second-order valence-corrected chi connectivity index (χ2v) is 7.59. The minimum atomic E-state index is 0.360. The Hall–Kier alpha value is -2.74. The van der Waals surface area contributed by atoms with Crippen molar-refractivity contribution in [2.75, 3.05) is 25.5 Å². The summed E-state index contributed by atoms with van der Waals surface area (Å²) in [5, 5.41) is 11.7. The lowest BCUT2D eigenvalue weighted by molar-refractivity contribution is 0.362. The van der Waals surface area contributed by atoms with Gasteiger partial charge in [-0.3, -0.25) is 0 Å². The Bertz CT molecular complexity index is 976. The van der Waals surface area contributed by atoms with Crippen LogP contribution in [0.15, 0.2) is 24.5 Å². The number of rotatable bonds is 5. The molecule has 1 atom stereocenters. The highest BCUT2D eigenvalue weighted by Crippen LogP contribution is 2.40. The average Bonchev–Trinajstić information content (AvgIpc) is 3.10. The van der Waals surface area contributed by atoms with E-state index in [-0.39, 0.29) is 0 Å². The van der Waals surface area contributed by atoms with Crippen LogP contribution in [0.2, 0.25) is 0 Å². The lowest BCUT2D eigenvalue weighted by Gasteiger charge is -2.26. The molecule has 146 valence electrons. The van der Waals surface area contributed by atoms with Crippen molar-refractivity contribution in [2.24, 2.45) is 0 Å². The van der Waals surface area contributed by atoms with E-state index in [2.05, 4.69) is 20.6 Å². The molecule has 2 N–H and O–H groups in total. The Morgan fingerprint density at radius 2 is 2.14 bits per heavy atom. The smallest absolute Gasteiger partial charge is 0.223 e. The minimum Gasteiger partial charge on any atom is -0.495 e. The molecule has 2 fully saturated rings. The van der Waals surface area contributed by atoms with Crippen molar-refractivity contribution in [1.29, 1.82) is 0 Å². The largest absolute Gasteiger partial charge is 0.495 e. The van der Waals surface area contributed by atoms with E-state index in [9.17, 15) is 0 Å². The zero-order valence-corrected chi connectivity index (χ0v) is 16.1. The van der Waals surface area contributed by atoms with Gasteiger partial charge in [0.05, 0.1) is 19.0 Å². The van der Waals surface area contributed by atoms with Crippen molar-refractivity contribution in [1.82, 2.24) is 29.9 Å². The van der Waals surface area contributed by atoms with E-state index in [1.807, 2.05) is 22.8 Å². The third kappa shape index (κ3) is 3.17. The summed E-state index contributed by atoms with van der Waals surface area (Å²) in [5.41, 5.74) is 3.46. The van der Waals surface area contributed by atoms with Crippen molar-refractivity contribution < 1.29 is 4.74 Å². The Balaban J connectivity index is 1.49. The quantitative estimate of drug-likeness (QED) is 0.704. The molecule has 1 saturated heterocycles. The van der Waals surface area contributed by atoms with Crippen LogP contribution < -0.4 is 15.4 Å². The molecule has 3 aromatic heterocycles. The molecular formula is C20H25N7O. The maximum Gasteiger partial charge on any atom is 0.223 e. The van der Waals surface area contributed by atoms with Crippen molar-refractivity contribution >= 4 is 11.6 Å². The predicted octanol–water partition coefficient (Wildman–Crippen LogP) is 2.63. The van der Waals surface area contributed by atoms with Gasteiger partial charge in [0.2, 0.25) is 5.95 Å². The summed E-state index contributed by atoms with van der Waals surface area (Å²) in [6.45, 7) is 2.02. The normalized spacial score (nSPS) is 20.1. The fourth-order valence-corrected chi connectivity index (χ4v) is 3.94. The number of ether oxygens (including phenoxy) is 1. The van der Waals surface area contributed by atoms with E-state index in [0.717, 1.165) is 60.8 Å². The zero-order chi connectivity index (χ0) is 18.9. The summed E-state index contributed by atoms with van der Waals surface area (Å²) in [6.07, 6.45) is 9.48. The van der Waals surface area contributed by atoms with Crippen LogP contribution in [0.4, 0.5) is 5.95 Å². The number of piperidine rings is 1. The van der Waals surface area contributed by atoms with Crippen LogP contribution >= 0.6 is 0 Å². The summed E-state index contributed by atoms with van der Waals surface area (Å²) in [7, 11) is 1.70. The lowest BCUT2D eigenvalue weighted by atomic mass is 9.82. The molecular weight excluding hydrogens is 354 g/mol. The molecule has 1 aliphatic carbocycles. The number of hydrogen-bond acceptors (Lipinski definition) is 7. The van der Waals surface area contributed by atoms with Crippen LogP contribution in [-0.4, -0.2) is 50.8 Å². The molecule has 0 bridgehead atoms. The van der Waals surface area contributed by atoms with Gasteiger partial charge in [0.25, 0.3) is 0 Å². The number of methoxy groups -OCH3 is 1. The molecule has 4 heterocycles. The Labute approximate surface area is 163 Å². The molecule has 3 aromatic rings. The van der Waals surface area contributed by atoms with Gasteiger partial charge in [-0.05, 0) is 38.3 Å². The monoisotopic (exact) mass is 379 g/mol. The fourth-order valence-electron chi connectivity index (χ4n) is 3.94. The van der Waals surface area contributed by atoms with E-state index in [4.69, 9.17) is 14.8 Å². The summed E-state index contributed by atoms with van der Waals surface area (Å²) in [6, 6.07) is 4.24. The molecule has 28 heavy (non-hydrogen) atoms. The van der Waals surface area contributed by atoms with Crippen LogP contribution in [0, 0.1) is 0 Å². The van der Waals surface area contributed by atoms with Crippen LogP contribution in [0.3, 0.4) is 0 Å². The average molecular weight is 379 g/mol. The molecule has 0 spiro atoms. The Morgan fingerprint density at radius 1 is 1.21 bits per heavy atom. The molecule has 8 nitrogen and oxygen atoms in total. The van der Waals surface area contributed by atoms with Gasteiger partial charge < -0.3 is 15.4 Å². The zero-order valence-electron chi connectivity index (χ0n) is 16.1. The van der Waals surface area contributed by atoms with Crippen LogP contribution in [0.1, 0.15) is 43.7 Å². The van der Waals surface area contributed by atoms with E-state index in [0.29, 0.717) is 17.9 Å². The van der Waals surface area contributed by atoms with Crippen LogP contribution in [-0.2, 0) is 0 Å². The Kier molecular flexibility index (Phi) is 4.56. The minimum absolute atomic E-state index is 0.360. The molecule has 5 rings (SSSR count). The van der Waals surface area contributed by atoms with Crippen molar-refractivity contribution in [3.8, 4) is 17.1 Å². The highest BCUT2D eigenvalue weighted by Gasteiger charge is 2.26. The van der Waals surface area contributed by atoms with Crippen molar-refractivity contribution in [3.63, 3.8) is 0 Å². The molecule has 2 aliphatic rings. The summed E-state index contributed by atoms with van der Waals surface area (Å²) in [5.74, 6) is 1.94. The third-order valence-electron chi connectivity index (χ3n) is 5.74. The van der Waals surface area contributed by atoms with E-state index in [1.54, 1.807) is 13.3 Å². The standard InChI is InChI=1S/C20H25N7O/c1-28-17-10-18-23-12-16(27(18)26-19(17)13-4-2-5-13)15-7-9-22-20(25-15)24-14-6-3-8-21-11-14/h7,9-10,12-14,21H,2-6,8,11H2,1H3,(H,22,24,25)/t14-/m1/s1. The third-order valence-corrected chi connectivity index (χ3v) is 5.74. The SMILES string of the molecule is COc1cc2ncc(-c3ccnc(N[C@@H]4CCCNC4)n3)n2nc1C1CCC1. The van der Waals surface area contributed by atoms with E-state index < -0.39 is 0 Å². The number of anilines is 1. The van der Waals surface area contributed by atoms with Crippen LogP contribution in [0.25, 0.3) is 17.0 Å². The van der Waals surface area contributed by atoms with Gasteiger partial charge >= 0.3 is 0 Å². The molecule has 1 saturated carbocycles. The highest BCUT2D eigenvalue weighted by molar-refractivity contribution is 5.61. The number of nitrogens with one attached hydrogen (secondary N) is 2. The summed E-state index contributed by atoms with van der Waals surface area (Å²) < 4.78 is 7.45. The molecule has 0 aromatic carbocycles. The highest BCUT2D eigenvalue weighted by atomic mass is 16.5. The number of nitrogens with zero attached hydrogens (tertiary/aromatic N) is 5. The lowest BCUT2D eigenvalue weighted by Crippen LogP contribution is -2.38. The first-order valence-electron chi connectivity index (χ1n) is 10.0. The first-order chi connectivity index (χ1) is 13.8. The molecule has 1 aliphatic heterocycles. The second kappa shape index (κ2) is 7.35. The number of hydrogen-bond donors (Lipinski definition) is 2. The van der Waals surface area contributed by atoms with Gasteiger partial charge in [-0.2, -0.15) is 5.10 Å². The topological polar surface area (TPSA) is 89.3 Å². The van der Waals surface area contributed by atoms with Gasteiger partial charge in [0, 0.05) is 30.8 Å². The molecule has 0 amide bonds. The maximum absolute atomic E-state index is 5.57. The molecule has 0 unspecified atom stereocenters. The first kappa shape index (κ1) is 17.4. The fraction of sp³-hybridized carbons (Fsp3) is 0.500. The van der Waals surface area contributed by atoms with Gasteiger partial charge in [-0.25, -0.2) is 19.5 Å². The molecule has 0 radical (unpaired) electrons. The van der Waals surface area contributed by atoms with Gasteiger partial charge in [0.15, 0.2) is 5.65 Å². The Morgan fingerprint density at radius 3 is 2.89 bits per heavy atom. The maximum atomic E-state index is 5.57. The van der Waals surface area contributed by atoms with Gasteiger partial charge in [0.1, 0.15) is 17.1 Å². The number of imidazole rings is 1. The number of fused-ring (bicyclic) bond motifs is 1. The van der Waals surface area contributed by atoms with Gasteiger partial charge in [-0.15, -0.1) is 0 Å². The van der Waals surface area contributed by atoms with Crippen molar-refractivity contribution in [2.45, 2.75) is 44.1 Å². The molecule has 8 heteroatoms. The van der Waals surface area contributed by atoms with Gasteiger partial charge in [-0.1, -0.05) is 6.42 Å². The number of aromatic nitrogens is 5. The second-order valence-electron chi connectivity index (χ2n) is 7.59. The summed E-state index contributed by atoms with van der Waals surface area (Å²) >= 11 is 0. The first-order valence-corrected chi connectivity index (χ1v) is 10.0. The summed E-state index contributed by atoms with van der Waals surface area (Å²) in [4.78, 5) is 13.7.